The van der Waals surface area contributed by atoms with Crippen LogP contribution in [0.2, 0.25) is 0 Å². The summed E-state index contributed by atoms with van der Waals surface area (Å²) in [6.07, 6.45) is 4.77. The molecule has 0 aromatic heterocycles. The highest BCUT2D eigenvalue weighted by Gasteiger charge is 2.52. The SMILES string of the molecule is O=C1C2=CC(N3c4ccc(F)cc4C4(c5ccccc5Oc5ccccc54)c4cc(F)ccc43)=CCC2CN1c1ccccc1. The zero-order valence-electron chi connectivity index (χ0n) is 24.1. The lowest BCUT2D eigenvalue weighted by Crippen LogP contribution is -2.41. The molecule has 5 aromatic carbocycles. The monoisotopic (exact) mass is 592 g/mol. The smallest absolute Gasteiger partial charge is 0.254 e. The molecule has 218 valence electrons. The largest absolute Gasteiger partial charge is 0.457 e. The molecule has 3 aliphatic heterocycles. The highest BCUT2D eigenvalue weighted by atomic mass is 19.1. The van der Waals surface area contributed by atoms with Gasteiger partial charge >= 0.3 is 0 Å². The van der Waals surface area contributed by atoms with E-state index in [1.165, 1.54) is 12.1 Å². The van der Waals surface area contributed by atoms with Crippen LogP contribution in [-0.2, 0) is 10.2 Å². The van der Waals surface area contributed by atoms with Gasteiger partial charge < -0.3 is 14.5 Å². The fourth-order valence-corrected chi connectivity index (χ4v) is 7.72. The van der Waals surface area contributed by atoms with Gasteiger partial charge in [-0.15, -0.1) is 0 Å². The molecule has 1 saturated heterocycles. The van der Waals surface area contributed by atoms with Crippen LogP contribution in [0.25, 0.3) is 0 Å². The number of carbonyl (C=O) groups excluding carboxylic acids is 1. The Morgan fingerprint density at radius 3 is 1.89 bits per heavy atom. The highest BCUT2D eigenvalue weighted by Crippen LogP contribution is 2.62. The van der Waals surface area contributed by atoms with Crippen molar-refractivity contribution in [3.63, 3.8) is 0 Å². The van der Waals surface area contributed by atoms with Gasteiger partial charge in [-0.1, -0.05) is 60.7 Å². The lowest BCUT2D eigenvalue weighted by molar-refractivity contribution is -0.114. The zero-order chi connectivity index (χ0) is 30.3. The zero-order valence-corrected chi connectivity index (χ0v) is 24.1. The van der Waals surface area contributed by atoms with E-state index in [9.17, 15) is 4.79 Å². The number of para-hydroxylation sites is 3. The predicted molar refractivity (Wildman–Crippen MR) is 170 cm³/mol. The van der Waals surface area contributed by atoms with Gasteiger partial charge in [0.25, 0.3) is 5.91 Å². The molecule has 9 rings (SSSR count). The molecule has 45 heavy (non-hydrogen) atoms. The van der Waals surface area contributed by atoms with Crippen LogP contribution < -0.4 is 14.5 Å². The Labute approximate surface area is 259 Å². The quantitative estimate of drug-likeness (QED) is 0.202. The number of hydrogen-bond donors (Lipinski definition) is 0. The summed E-state index contributed by atoms with van der Waals surface area (Å²) in [6, 6.07) is 34.8. The molecule has 0 bridgehead atoms. The topological polar surface area (TPSA) is 32.8 Å². The molecule has 4 nitrogen and oxygen atoms in total. The third-order valence-electron chi connectivity index (χ3n) is 9.58. The van der Waals surface area contributed by atoms with E-state index in [0.29, 0.717) is 35.6 Å². The van der Waals surface area contributed by atoms with Gasteiger partial charge in [-0.05, 0) is 84.3 Å². The molecule has 0 N–H and O–H groups in total. The lowest BCUT2D eigenvalue weighted by atomic mass is 9.61. The van der Waals surface area contributed by atoms with E-state index in [2.05, 4.69) is 11.0 Å². The maximum Gasteiger partial charge on any atom is 0.254 e. The van der Waals surface area contributed by atoms with Crippen molar-refractivity contribution in [2.75, 3.05) is 16.3 Å². The predicted octanol–water partition coefficient (Wildman–Crippen LogP) is 8.78. The van der Waals surface area contributed by atoms with Gasteiger partial charge in [-0.2, -0.15) is 0 Å². The summed E-state index contributed by atoms with van der Waals surface area (Å²) >= 11 is 0. The molecule has 1 aliphatic carbocycles. The number of nitrogens with zero attached hydrogens (tertiary/aromatic N) is 2. The van der Waals surface area contributed by atoms with E-state index < -0.39 is 17.0 Å². The molecule has 0 radical (unpaired) electrons. The molecule has 6 heteroatoms. The van der Waals surface area contributed by atoms with Crippen LogP contribution in [0.5, 0.6) is 11.5 Å². The molecule has 0 saturated carbocycles. The summed E-state index contributed by atoms with van der Waals surface area (Å²) in [5, 5.41) is 0. The first-order valence-electron chi connectivity index (χ1n) is 15.1. The average molecular weight is 593 g/mol. The van der Waals surface area contributed by atoms with Crippen molar-refractivity contribution < 1.29 is 18.3 Å². The average Bonchev–Trinajstić information content (AvgIpc) is 3.40. The molecule has 1 amide bonds. The van der Waals surface area contributed by atoms with Crippen molar-refractivity contribution in [3.8, 4) is 11.5 Å². The van der Waals surface area contributed by atoms with Crippen molar-refractivity contribution >= 4 is 23.0 Å². The second kappa shape index (κ2) is 9.50. The Balaban J connectivity index is 1.29. The molecule has 4 aliphatic rings. The maximum absolute atomic E-state index is 15.4. The van der Waals surface area contributed by atoms with Gasteiger partial charge in [-0.25, -0.2) is 8.78 Å². The second-order valence-electron chi connectivity index (χ2n) is 11.9. The summed E-state index contributed by atoms with van der Waals surface area (Å²) < 4.78 is 37.3. The van der Waals surface area contributed by atoms with Crippen LogP contribution in [0.15, 0.2) is 139 Å². The minimum atomic E-state index is -1.06. The molecule has 1 spiro atoms. The van der Waals surface area contributed by atoms with Crippen LogP contribution in [-0.4, -0.2) is 12.5 Å². The molecule has 1 fully saturated rings. The Hall–Kier alpha value is -5.49. The first-order valence-corrected chi connectivity index (χ1v) is 15.1. The number of hydrogen-bond acceptors (Lipinski definition) is 3. The van der Waals surface area contributed by atoms with Crippen molar-refractivity contribution in [2.24, 2.45) is 5.92 Å². The summed E-state index contributed by atoms with van der Waals surface area (Å²) in [5.74, 6) is 0.525. The Kier molecular flexibility index (Phi) is 5.48. The van der Waals surface area contributed by atoms with Crippen LogP contribution in [0.1, 0.15) is 28.7 Å². The molecule has 5 aromatic rings. The van der Waals surface area contributed by atoms with Gasteiger partial charge in [0.05, 0.1) is 16.8 Å². The molecule has 1 atom stereocenters. The number of rotatable bonds is 2. The third-order valence-corrected chi connectivity index (χ3v) is 9.58. The van der Waals surface area contributed by atoms with E-state index in [1.54, 1.807) is 24.3 Å². The summed E-state index contributed by atoms with van der Waals surface area (Å²) in [4.78, 5) is 17.7. The number of benzene rings is 5. The fourth-order valence-electron chi connectivity index (χ4n) is 7.72. The van der Waals surface area contributed by atoms with E-state index in [1.807, 2.05) is 89.8 Å². The third kappa shape index (κ3) is 3.59. The summed E-state index contributed by atoms with van der Waals surface area (Å²) in [7, 11) is 0. The first-order chi connectivity index (χ1) is 22.0. The minimum Gasteiger partial charge on any atom is -0.457 e. The number of amides is 1. The summed E-state index contributed by atoms with van der Waals surface area (Å²) in [5.41, 5.74) is 5.84. The van der Waals surface area contributed by atoms with Gasteiger partial charge in [0.2, 0.25) is 0 Å². The number of anilines is 3. The van der Waals surface area contributed by atoms with E-state index in [4.69, 9.17) is 4.74 Å². The van der Waals surface area contributed by atoms with Gasteiger partial charge in [-0.3, -0.25) is 4.79 Å². The van der Waals surface area contributed by atoms with Crippen LogP contribution >= 0.6 is 0 Å². The normalized spacial score (nSPS) is 18.6. The first kappa shape index (κ1) is 26.0. The number of halogens is 2. The Bertz CT molecular complexity index is 2020. The number of ether oxygens (including phenoxy) is 1. The van der Waals surface area contributed by atoms with Crippen molar-refractivity contribution in [1.29, 1.82) is 0 Å². The van der Waals surface area contributed by atoms with Crippen LogP contribution in [0, 0.1) is 17.6 Å². The van der Waals surface area contributed by atoms with Gasteiger partial charge in [0.1, 0.15) is 23.1 Å². The van der Waals surface area contributed by atoms with E-state index >= 15 is 8.78 Å². The number of fused-ring (bicyclic) bond motifs is 9. The van der Waals surface area contributed by atoms with Crippen molar-refractivity contribution in [3.05, 3.63) is 173 Å². The van der Waals surface area contributed by atoms with E-state index in [0.717, 1.165) is 39.5 Å². The summed E-state index contributed by atoms with van der Waals surface area (Å²) in [6.45, 7) is 0.610. The Morgan fingerprint density at radius 1 is 0.689 bits per heavy atom. The minimum absolute atomic E-state index is 0.0174. The van der Waals surface area contributed by atoms with Gasteiger partial charge in [0, 0.05) is 40.5 Å². The standard InChI is InChI=1S/C39H26F2N2O2/c40-25-15-18-34-32(20-25)39(30-10-4-6-12-36(30)45-37-13-7-5-11-31(37)39)33-21-26(41)16-19-35(33)43(34)28-17-14-24-23-42(38(44)29(24)22-28)27-8-2-1-3-9-27/h1-13,15-22,24H,14,23H2. The van der Waals surface area contributed by atoms with E-state index in [-0.39, 0.29) is 11.8 Å². The van der Waals surface area contributed by atoms with Crippen molar-refractivity contribution in [1.82, 2.24) is 0 Å². The molecular formula is C39H26F2N2O2. The molecule has 1 unspecified atom stereocenters. The van der Waals surface area contributed by atoms with Crippen LogP contribution in [0.4, 0.5) is 25.8 Å². The van der Waals surface area contributed by atoms with Gasteiger partial charge in [0.15, 0.2) is 0 Å². The number of carbonyl (C=O) groups is 1. The second-order valence-corrected chi connectivity index (χ2v) is 11.9. The molecular weight excluding hydrogens is 566 g/mol. The lowest BCUT2D eigenvalue weighted by Gasteiger charge is -2.49. The van der Waals surface area contributed by atoms with Crippen LogP contribution in [0.3, 0.4) is 0 Å². The fraction of sp³-hybridized carbons (Fsp3) is 0.103. The maximum atomic E-state index is 15.4. The number of allylic oxidation sites excluding steroid dienone is 2. The van der Waals surface area contributed by atoms with Crippen molar-refractivity contribution in [2.45, 2.75) is 11.8 Å². The Morgan fingerprint density at radius 2 is 1.27 bits per heavy atom. The highest BCUT2D eigenvalue weighted by molar-refractivity contribution is 6.09. The molecule has 3 heterocycles.